The van der Waals surface area contributed by atoms with E-state index < -0.39 is 53.4 Å². The van der Waals surface area contributed by atoms with E-state index in [0.717, 1.165) is 101 Å². The molecule has 2 unspecified atom stereocenters. The largest absolute Gasteiger partial charge is 0.463 e. The van der Waals surface area contributed by atoms with Gasteiger partial charge >= 0.3 is 24.3 Å². The van der Waals surface area contributed by atoms with Crippen molar-refractivity contribution >= 4 is 11.9 Å². The Kier molecular flexibility index (Phi) is 13.3. The number of carbonyl (C=O) groups excluding carboxylic acids is 2. The number of ether oxygens (including phenoxy) is 2. The number of fused-ring (bicyclic) bond motifs is 9. The van der Waals surface area contributed by atoms with Gasteiger partial charge in [-0.2, -0.15) is 26.3 Å². The fraction of sp³-hybridized carbons (Fsp3) is 0.311. The third-order valence-corrected chi connectivity index (χ3v) is 15.5. The maximum atomic E-state index is 13.9. The smallest absolute Gasteiger partial charge is 0.389 e. The van der Waals surface area contributed by atoms with Crippen LogP contribution in [-0.2, 0) is 35.3 Å². The van der Waals surface area contributed by atoms with Crippen molar-refractivity contribution in [3.05, 3.63) is 180 Å². The van der Waals surface area contributed by atoms with Crippen LogP contribution in [-0.4, -0.2) is 37.5 Å². The molecule has 0 amide bonds. The lowest BCUT2D eigenvalue weighted by Gasteiger charge is -2.33. The number of alkyl halides is 6. The number of carbonyl (C=O) groups is 2. The van der Waals surface area contributed by atoms with Crippen LogP contribution < -0.4 is 0 Å². The second-order valence-electron chi connectivity index (χ2n) is 19.8. The number of esters is 2. The van der Waals surface area contributed by atoms with Crippen LogP contribution in [0.4, 0.5) is 26.3 Å². The Morgan fingerprint density at radius 1 is 0.451 bits per heavy atom. The second-order valence-corrected chi connectivity index (χ2v) is 19.8. The van der Waals surface area contributed by atoms with Gasteiger partial charge in [0, 0.05) is 41.2 Å². The normalized spacial score (nSPS) is 17.9. The predicted molar refractivity (Wildman–Crippen MR) is 268 cm³/mol. The monoisotopic (exact) mass is 966 g/mol. The molecule has 0 fully saturated rings. The standard InChI is InChI=1S/C61H56F6O4/c1-5-55(68)70-33-13-11-27-59(28-12-14-34-71-56(69)6-2)53-37-41(39-19-23-45-43-15-7-9-17-49(43)57(3,51(45)35-39)29-31-60(62,63)64)21-25-47(53)48-26-22-42(38-54(48)59)40-20-24-46-44-16-8-10-18-50(44)58(4,52(46)36-40)30-32-61(65,66)67/h5-10,15-26,35-38H,1-2,11-14,27-34H2,3-4H3. The summed E-state index contributed by atoms with van der Waals surface area (Å²) in [7, 11) is 0. The lowest BCUT2D eigenvalue weighted by atomic mass is 9.70. The van der Waals surface area contributed by atoms with E-state index in [1.807, 2.05) is 86.6 Å². The molecule has 2 atom stereocenters. The zero-order chi connectivity index (χ0) is 50.3. The third-order valence-electron chi connectivity index (χ3n) is 15.5. The summed E-state index contributed by atoms with van der Waals surface area (Å²) >= 11 is 0. The summed E-state index contributed by atoms with van der Waals surface area (Å²) in [6.07, 6.45) is -4.58. The zero-order valence-corrected chi connectivity index (χ0v) is 40.0. The first-order chi connectivity index (χ1) is 33.9. The van der Waals surface area contributed by atoms with Crippen molar-refractivity contribution in [1.29, 1.82) is 0 Å². The van der Waals surface area contributed by atoms with Gasteiger partial charge in [0.2, 0.25) is 0 Å². The summed E-state index contributed by atoms with van der Waals surface area (Å²) in [5, 5.41) is 0. The highest BCUT2D eigenvalue weighted by atomic mass is 19.4. The molecule has 0 saturated heterocycles. The molecule has 0 aromatic heterocycles. The summed E-state index contributed by atoms with van der Waals surface area (Å²) in [5.41, 5.74) is 12.7. The zero-order valence-electron chi connectivity index (χ0n) is 40.0. The molecule has 71 heavy (non-hydrogen) atoms. The number of rotatable bonds is 18. The number of hydrogen-bond acceptors (Lipinski definition) is 4. The second kappa shape index (κ2) is 19.2. The fourth-order valence-electron chi connectivity index (χ4n) is 11.9. The van der Waals surface area contributed by atoms with Crippen LogP contribution in [0.2, 0.25) is 0 Å². The van der Waals surface area contributed by atoms with Crippen molar-refractivity contribution in [2.24, 2.45) is 0 Å². The molecule has 0 radical (unpaired) electrons. The Bertz CT molecular complexity index is 2850. The van der Waals surface area contributed by atoms with Crippen LogP contribution in [0.3, 0.4) is 0 Å². The molecule has 0 spiro atoms. The lowest BCUT2D eigenvalue weighted by molar-refractivity contribution is -0.138. The molecule has 6 aromatic carbocycles. The van der Waals surface area contributed by atoms with Crippen LogP contribution in [0.15, 0.2) is 147 Å². The van der Waals surface area contributed by atoms with Crippen LogP contribution in [0.5, 0.6) is 0 Å². The van der Waals surface area contributed by atoms with Crippen LogP contribution in [0.25, 0.3) is 55.6 Å². The molecule has 4 nitrogen and oxygen atoms in total. The Hall–Kier alpha value is -6.68. The first kappa shape index (κ1) is 49.3. The molecule has 0 heterocycles. The molecule has 366 valence electrons. The molecule has 3 aliphatic rings. The van der Waals surface area contributed by atoms with Gasteiger partial charge in [-0.25, -0.2) is 9.59 Å². The van der Waals surface area contributed by atoms with Crippen molar-refractivity contribution in [2.75, 3.05) is 13.2 Å². The van der Waals surface area contributed by atoms with Gasteiger partial charge in [0.25, 0.3) is 0 Å². The number of benzene rings is 6. The predicted octanol–water partition coefficient (Wildman–Crippen LogP) is 16.3. The summed E-state index contributed by atoms with van der Waals surface area (Å²) < 4.78 is 94.2. The first-order valence-electron chi connectivity index (χ1n) is 24.4. The van der Waals surface area contributed by atoms with Gasteiger partial charge < -0.3 is 9.47 Å². The minimum Gasteiger partial charge on any atom is -0.463 e. The number of halogens is 6. The van der Waals surface area contributed by atoms with Crippen LogP contribution in [0, 0.1) is 0 Å². The summed E-state index contributed by atoms with van der Waals surface area (Å²) in [6, 6.07) is 40.6. The van der Waals surface area contributed by atoms with E-state index in [9.17, 15) is 35.9 Å². The summed E-state index contributed by atoms with van der Waals surface area (Å²) in [6.45, 7) is 11.3. The molecule has 0 N–H and O–H groups in total. The quantitative estimate of drug-likeness (QED) is 0.0373. The maximum Gasteiger partial charge on any atom is 0.389 e. The lowest BCUT2D eigenvalue weighted by Crippen LogP contribution is -2.26. The maximum absolute atomic E-state index is 13.9. The molecule has 3 aliphatic carbocycles. The van der Waals surface area contributed by atoms with Crippen molar-refractivity contribution in [3.63, 3.8) is 0 Å². The topological polar surface area (TPSA) is 52.6 Å². The Labute approximate surface area is 411 Å². The highest BCUT2D eigenvalue weighted by Crippen LogP contribution is 2.58. The van der Waals surface area contributed by atoms with Gasteiger partial charge in [-0.3, -0.25) is 0 Å². The van der Waals surface area contributed by atoms with E-state index in [0.29, 0.717) is 38.5 Å². The van der Waals surface area contributed by atoms with E-state index >= 15 is 0 Å². The molecular formula is C61H56F6O4. The number of hydrogen-bond donors (Lipinski definition) is 0. The van der Waals surface area contributed by atoms with E-state index in [4.69, 9.17) is 9.47 Å². The molecule has 0 saturated carbocycles. The highest BCUT2D eigenvalue weighted by Gasteiger charge is 2.46. The molecule has 6 aromatic rings. The summed E-state index contributed by atoms with van der Waals surface area (Å²) in [5.74, 6) is -1.00. The Balaban J connectivity index is 1.16. The minimum atomic E-state index is -4.32. The van der Waals surface area contributed by atoms with E-state index in [1.165, 1.54) is 0 Å². The van der Waals surface area contributed by atoms with Gasteiger partial charge in [0.05, 0.1) is 13.2 Å². The van der Waals surface area contributed by atoms with Crippen molar-refractivity contribution in [3.8, 4) is 55.6 Å². The van der Waals surface area contributed by atoms with Gasteiger partial charge in [-0.1, -0.05) is 124 Å². The van der Waals surface area contributed by atoms with E-state index in [1.54, 1.807) is 0 Å². The van der Waals surface area contributed by atoms with Crippen LogP contribution >= 0.6 is 0 Å². The average Bonchev–Trinajstić information content (AvgIpc) is 3.89. The Morgan fingerprint density at radius 2 is 0.775 bits per heavy atom. The number of unbranched alkanes of at least 4 members (excludes halogenated alkanes) is 2. The fourth-order valence-corrected chi connectivity index (χ4v) is 11.9. The first-order valence-corrected chi connectivity index (χ1v) is 24.4. The molecule has 0 aliphatic heterocycles. The van der Waals surface area contributed by atoms with Gasteiger partial charge in [-0.05, 0) is 165 Å². The average molecular weight is 967 g/mol. The molecule has 10 heteroatoms. The van der Waals surface area contributed by atoms with E-state index in [-0.39, 0.29) is 26.1 Å². The minimum absolute atomic E-state index is 0.0942. The van der Waals surface area contributed by atoms with Crippen molar-refractivity contribution < 1.29 is 45.4 Å². The SMILES string of the molecule is C=CC(=O)OCCCCC1(CCCCOC(=O)C=C)c2cc(-c3ccc4c(c3)C(C)(CCC(F)(F)F)c3ccccc3-4)ccc2-c2ccc(-c3ccc4c(c3)C(C)(CCC(F)(F)F)c3ccccc3-4)cc21. The highest BCUT2D eigenvalue weighted by molar-refractivity contribution is 5.89. The van der Waals surface area contributed by atoms with E-state index in [2.05, 4.69) is 61.7 Å². The molecule has 0 bridgehead atoms. The summed E-state index contributed by atoms with van der Waals surface area (Å²) in [4.78, 5) is 24.1. The van der Waals surface area contributed by atoms with Crippen molar-refractivity contribution in [1.82, 2.24) is 0 Å². The van der Waals surface area contributed by atoms with Gasteiger partial charge in [0.15, 0.2) is 0 Å². The van der Waals surface area contributed by atoms with Crippen LogP contribution in [0.1, 0.15) is 111 Å². The Morgan fingerprint density at radius 3 is 1.13 bits per heavy atom. The molecule has 9 rings (SSSR count). The van der Waals surface area contributed by atoms with Gasteiger partial charge in [-0.15, -0.1) is 0 Å². The van der Waals surface area contributed by atoms with Gasteiger partial charge in [0.1, 0.15) is 0 Å². The third kappa shape index (κ3) is 9.38. The van der Waals surface area contributed by atoms with Crippen molar-refractivity contribution in [2.45, 2.75) is 107 Å². The molecular weight excluding hydrogens is 911 g/mol.